The van der Waals surface area contributed by atoms with Gasteiger partial charge >= 0.3 is 6.18 Å². The number of nitrogens with zero attached hydrogens (tertiary/aromatic N) is 2. The molecule has 28 heavy (non-hydrogen) atoms. The van der Waals surface area contributed by atoms with Crippen LogP contribution in [0.5, 0.6) is 0 Å². The van der Waals surface area contributed by atoms with E-state index < -0.39 is 11.7 Å². The zero-order valence-electron chi connectivity index (χ0n) is 14.6. The molecule has 0 saturated heterocycles. The molecule has 0 atom stereocenters. The molecule has 0 aliphatic heterocycles. The number of amidine groups is 1. The van der Waals surface area contributed by atoms with Crippen LogP contribution in [0.15, 0.2) is 71.8 Å². The van der Waals surface area contributed by atoms with Crippen molar-refractivity contribution in [3.8, 4) is 0 Å². The standard InChI is InChI=1S/C21H15F3N4/c22-21(23,24)17-7-3-1-5-14(17)12-28-18-8-4-2-6-15(18)16-11-13(20(25)27-26)9-10-19(16)28/h1-11,25-26H,12H2. The van der Waals surface area contributed by atoms with Crippen LogP contribution in [-0.2, 0) is 12.7 Å². The second kappa shape index (κ2) is 6.60. The largest absolute Gasteiger partial charge is 0.416 e. The van der Waals surface area contributed by atoms with Crippen LogP contribution in [0.4, 0.5) is 13.2 Å². The van der Waals surface area contributed by atoms with Crippen molar-refractivity contribution >= 4 is 27.6 Å². The molecule has 0 amide bonds. The topological polar surface area (TPSA) is 65.0 Å². The van der Waals surface area contributed by atoms with E-state index in [9.17, 15) is 13.2 Å². The number of rotatable bonds is 3. The van der Waals surface area contributed by atoms with Gasteiger partial charge in [-0.25, -0.2) is 5.53 Å². The van der Waals surface area contributed by atoms with Gasteiger partial charge in [-0.3, -0.25) is 5.41 Å². The van der Waals surface area contributed by atoms with Crippen LogP contribution in [-0.4, -0.2) is 10.4 Å². The van der Waals surface area contributed by atoms with Gasteiger partial charge in [0.15, 0.2) is 5.84 Å². The van der Waals surface area contributed by atoms with E-state index in [-0.39, 0.29) is 17.9 Å². The Morgan fingerprint density at radius 1 is 0.893 bits per heavy atom. The molecule has 0 unspecified atom stereocenters. The van der Waals surface area contributed by atoms with Crippen molar-refractivity contribution in [2.75, 3.05) is 0 Å². The summed E-state index contributed by atoms with van der Waals surface area (Å²) >= 11 is 0. The molecule has 0 spiro atoms. The first-order valence-corrected chi connectivity index (χ1v) is 8.52. The minimum atomic E-state index is -4.42. The van der Waals surface area contributed by atoms with Crippen molar-refractivity contribution in [2.45, 2.75) is 12.7 Å². The quantitative estimate of drug-likeness (QED) is 0.241. The molecule has 4 aromatic rings. The molecule has 1 heterocycles. The number of hydrogen-bond donors (Lipinski definition) is 2. The maximum atomic E-state index is 13.4. The Morgan fingerprint density at radius 2 is 1.57 bits per heavy atom. The van der Waals surface area contributed by atoms with Crippen molar-refractivity contribution in [1.29, 1.82) is 10.9 Å². The molecular weight excluding hydrogens is 365 g/mol. The monoisotopic (exact) mass is 380 g/mol. The lowest BCUT2D eigenvalue weighted by Gasteiger charge is -2.14. The summed E-state index contributed by atoms with van der Waals surface area (Å²) in [7, 11) is 0. The van der Waals surface area contributed by atoms with Gasteiger partial charge < -0.3 is 4.57 Å². The van der Waals surface area contributed by atoms with Gasteiger partial charge in [0.05, 0.1) is 5.56 Å². The van der Waals surface area contributed by atoms with Crippen LogP contribution >= 0.6 is 0 Å². The van der Waals surface area contributed by atoms with Gasteiger partial charge in [-0.2, -0.15) is 13.2 Å². The Hall–Kier alpha value is -3.48. The Kier molecular flexibility index (Phi) is 4.22. The summed E-state index contributed by atoms with van der Waals surface area (Å²) in [6.07, 6.45) is -4.42. The molecule has 4 rings (SSSR count). The van der Waals surface area contributed by atoms with Gasteiger partial charge in [0.2, 0.25) is 0 Å². The van der Waals surface area contributed by atoms with Crippen LogP contribution in [0.1, 0.15) is 16.7 Å². The van der Waals surface area contributed by atoms with Crippen LogP contribution in [0.25, 0.3) is 21.8 Å². The third kappa shape index (κ3) is 2.94. The van der Waals surface area contributed by atoms with Crippen molar-refractivity contribution < 1.29 is 13.2 Å². The maximum Gasteiger partial charge on any atom is 0.416 e. The first kappa shape index (κ1) is 17.9. The highest BCUT2D eigenvalue weighted by Crippen LogP contribution is 2.35. The number of aromatic nitrogens is 1. The number of benzene rings is 3. The molecule has 0 fully saturated rings. The molecule has 0 radical (unpaired) electrons. The smallest absolute Gasteiger partial charge is 0.336 e. The highest BCUT2D eigenvalue weighted by Gasteiger charge is 2.33. The Bertz CT molecular complexity index is 1220. The summed E-state index contributed by atoms with van der Waals surface area (Å²) in [5.41, 5.74) is 8.64. The molecule has 140 valence electrons. The van der Waals surface area contributed by atoms with Gasteiger partial charge in [0, 0.05) is 33.9 Å². The summed E-state index contributed by atoms with van der Waals surface area (Å²) in [5, 5.41) is 12.6. The maximum absolute atomic E-state index is 13.4. The van der Waals surface area contributed by atoms with Crippen molar-refractivity contribution in [1.82, 2.24) is 4.57 Å². The zero-order valence-corrected chi connectivity index (χ0v) is 14.6. The Morgan fingerprint density at radius 3 is 2.32 bits per heavy atom. The fraction of sp³-hybridized carbons (Fsp3) is 0.0952. The Labute approximate surface area is 158 Å². The molecule has 0 aliphatic carbocycles. The minimum Gasteiger partial charge on any atom is -0.336 e. The number of nitrogens with one attached hydrogen (secondary N) is 2. The molecule has 3 aromatic carbocycles. The van der Waals surface area contributed by atoms with E-state index in [4.69, 9.17) is 10.9 Å². The van der Waals surface area contributed by atoms with E-state index in [0.29, 0.717) is 5.56 Å². The highest BCUT2D eigenvalue weighted by atomic mass is 19.4. The lowest BCUT2D eigenvalue weighted by Crippen LogP contribution is -2.11. The lowest BCUT2D eigenvalue weighted by atomic mass is 10.1. The van der Waals surface area contributed by atoms with Crippen LogP contribution in [0.3, 0.4) is 0 Å². The van der Waals surface area contributed by atoms with E-state index in [2.05, 4.69) is 5.11 Å². The number of halogens is 3. The third-order valence-electron chi connectivity index (χ3n) is 4.81. The number of alkyl halides is 3. The first-order valence-electron chi connectivity index (χ1n) is 8.52. The summed E-state index contributed by atoms with van der Waals surface area (Å²) in [6, 6.07) is 18.2. The molecule has 0 saturated carbocycles. The second-order valence-corrected chi connectivity index (χ2v) is 6.45. The second-order valence-electron chi connectivity index (χ2n) is 6.45. The van der Waals surface area contributed by atoms with Crippen molar-refractivity contribution in [3.63, 3.8) is 0 Å². The number of para-hydroxylation sites is 1. The van der Waals surface area contributed by atoms with Crippen LogP contribution in [0.2, 0.25) is 0 Å². The predicted octanol–water partition coefficient (Wildman–Crippen LogP) is 6.22. The molecule has 7 heteroatoms. The van der Waals surface area contributed by atoms with Gasteiger partial charge in [0.25, 0.3) is 0 Å². The molecule has 0 bridgehead atoms. The van der Waals surface area contributed by atoms with E-state index in [1.165, 1.54) is 12.1 Å². The summed E-state index contributed by atoms with van der Waals surface area (Å²) in [6.45, 7) is 0.0688. The average Bonchev–Trinajstić information content (AvgIpc) is 3.00. The van der Waals surface area contributed by atoms with E-state index >= 15 is 0 Å². The van der Waals surface area contributed by atoms with Crippen LogP contribution in [0, 0.1) is 10.9 Å². The molecule has 1 aromatic heterocycles. The normalized spacial score (nSPS) is 11.8. The average molecular weight is 380 g/mol. The third-order valence-corrected chi connectivity index (χ3v) is 4.81. The highest BCUT2D eigenvalue weighted by molar-refractivity contribution is 6.11. The van der Waals surface area contributed by atoms with E-state index in [1.54, 1.807) is 24.3 Å². The van der Waals surface area contributed by atoms with Gasteiger partial charge in [-0.05, 0) is 35.9 Å². The molecule has 2 N–H and O–H groups in total. The van der Waals surface area contributed by atoms with Gasteiger partial charge in [-0.1, -0.05) is 36.4 Å². The number of fused-ring (bicyclic) bond motifs is 3. The summed E-state index contributed by atoms with van der Waals surface area (Å²) < 4.78 is 42.1. The van der Waals surface area contributed by atoms with Gasteiger partial charge in [-0.15, -0.1) is 5.11 Å². The van der Waals surface area contributed by atoms with E-state index in [1.807, 2.05) is 28.8 Å². The Balaban J connectivity index is 1.95. The fourth-order valence-corrected chi connectivity index (χ4v) is 3.54. The summed E-state index contributed by atoms with van der Waals surface area (Å²) in [4.78, 5) is 0. The molecular formula is C21H15F3N4. The first-order chi connectivity index (χ1) is 13.4. The fourth-order valence-electron chi connectivity index (χ4n) is 3.54. The minimum absolute atomic E-state index is 0.0688. The molecule has 4 nitrogen and oxygen atoms in total. The zero-order chi connectivity index (χ0) is 19.9. The van der Waals surface area contributed by atoms with Crippen LogP contribution < -0.4 is 0 Å². The van der Waals surface area contributed by atoms with Crippen molar-refractivity contribution in [2.24, 2.45) is 5.11 Å². The lowest BCUT2D eigenvalue weighted by molar-refractivity contribution is -0.138. The SMILES string of the molecule is N=NC(=N)c1ccc2c(c1)c1ccccc1n2Cc1ccccc1C(F)(F)F. The van der Waals surface area contributed by atoms with E-state index in [0.717, 1.165) is 27.9 Å². The van der Waals surface area contributed by atoms with Gasteiger partial charge in [0.1, 0.15) is 0 Å². The predicted molar refractivity (Wildman–Crippen MR) is 102 cm³/mol. The van der Waals surface area contributed by atoms with Crippen molar-refractivity contribution in [3.05, 3.63) is 83.4 Å². The number of hydrogen-bond acceptors (Lipinski definition) is 2. The molecule has 0 aliphatic rings. The summed E-state index contributed by atoms with van der Waals surface area (Å²) in [5.74, 6) is -0.166.